The van der Waals surface area contributed by atoms with Crippen molar-refractivity contribution < 1.29 is 9.84 Å². The van der Waals surface area contributed by atoms with Crippen LogP contribution in [0.5, 0.6) is 11.5 Å². The van der Waals surface area contributed by atoms with Crippen molar-refractivity contribution in [2.75, 3.05) is 7.11 Å². The molecule has 2 aromatic rings. The van der Waals surface area contributed by atoms with E-state index in [2.05, 4.69) is 20.2 Å². The summed E-state index contributed by atoms with van der Waals surface area (Å²) in [6, 6.07) is 4.77. The number of rotatable bonds is 4. The van der Waals surface area contributed by atoms with Crippen molar-refractivity contribution >= 4 is 23.7 Å². The number of benzene rings is 1. The number of aromatic nitrogens is 2. The average Bonchev–Trinajstić information content (AvgIpc) is 2.48. The van der Waals surface area contributed by atoms with Gasteiger partial charge in [-0.2, -0.15) is 5.10 Å². The summed E-state index contributed by atoms with van der Waals surface area (Å²) in [7, 11) is 1.46. The fourth-order valence-electron chi connectivity index (χ4n) is 1.45. The van der Waals surface area contributed by atoms with E-state index in [4.69, 9.17) is 22.1 Å². The van der Waals surface area contributed by atoms with E-state index in [1.807, 2.05) is 0 Å². The molecule has 0 fully saturated rings. The molecule has 0 radical (unpaired) electrons. The first-order valence-corrected chi connectivity index (χ1v) is 6.19. The van der Waals surface area contributed by atoms with E-state index in [-0.39, 0.29) is 16.7 Å². The molecule has 0 aliphatic carbocycles. The zero-order valence-electron chi connectivity index (χ0n) is 11.1. The second kappa shape index (κ2) is 6.67. The number of nitrogens with two attached hydrogens (primary N) is 1. The van der Waals surface area contributed by atoms with E-state index >= 15 is 0 Å². The number of hydrogen-bond acceptors (Lipinski definition) is 6. The van der Waals surface area contributed by atoms with Crippen LogP contribution in [0.25, 0.3) is 0 Å². The van der Waals surface area contributed by atoms with Crippen LogP contribution in [0.1, 0.15) is 11.3 Å². The van der Waals surface area contributed by atoms with Gasteiger partial charge in [0.25, 0.3) is 0 Å². The van der Waals surface area contributed by atoms with E-state index < -0.39 is 0 Å². The lowest BCUT2D eigenvalue weighted by Crippen LogP contribution is -2.15. The molecule has 0 amide bonds. The van der Waals surface area contributed by atoms with Crippen molar-refractivity contribution in [1.29, 1.82) is 0 Å². The molecule has 0 unspecified atom stereocenters. The van der Waals surface area contributed by atoms with E-state index in [1.165, 1.54) is 31.8 Å². The van der Waals surface area contributed by atoms with Crippen molar-refractivity contribution in [3.8, 4) is 11.5 Å². The predicted octanol–water partition coefficient (Wildman–Crippen LogP) is 1.58. The summed E-state index contributed by atoms with van der Waals surface area (Å²) in [5.74, 6) is 0.482. The van der Waals surface area contributed by atoms with Crippen LogP contribution in [0, 0.1) is 0 Å². The molecule has 0 atom stereocenters. The highest BCUT2D eigenvalue weighted by Crippen LogP contribution is 2.25. The number of nitrogens with zero attached hydrogens (tertiary/aromatic N) is 4. The van der Waals surface area contributed by atoms with E-state index in [9.17, 15) is 5.11 Å². The highest BCUT2D eigenvalue weighted by molar-refractivity contribution is 6.29. The van der Waals surface area contributed by atoms with Crippen molar-refractivity contribution in [3.05, 3.63) is 47.0 Å². The van der Waals surface area contributed by atoms with Gasteiger partial charge in [0.1, 0.15) is 10.8 Å². The quantitative estimate of drug-likeness (QED) is 0.507. The maximum absolute atomic E-state index is 9.48. The number of phenols is 1. The highest BCUT2D eigenvalue weighted by Gasteiger charge is 2.02. The topological polar surface area (TPSA) is 106 Å². The Morgan fingerprint density at radius 1 is 1.43 bits per heavy atom. The van der Waals surface area contributed by atoms with Crippen molar-refractivity contribution in [2.24, 2.45) is 15.9 Å². The molecule has 108 valence electrons. The Morgan fingerprint density at radius 3 is 2.95 bits per heavy atom. The van der Waals surface area contributed by atoms with Gasteiger partial charge < -0.3 is 15.6 Å². The summed E-state index contributed by atoms with van der Waals surface area (Å²) in [6.45, 7) is 0. The van der Waals surface area contributed by atoms with Gasteiger partial charge in [0, 0.05) is 0 Å². The van der Waals surface area contributed by atoms with Crippen molar-refractivity contribution in [3.63, 3.8) is 0 Å². The number of ether oxygens (including phenoxy) is 1. The number of phenolic OH excluding ortho intramolecular Hbond substituents is 1. The second-order valence-electron chi connectivity index (χ2n) is 3.89. The summed E-state index contributed by atoms with van der Waals surface area (Å²) in [5.41, 5.74) is 6.75. The number of amidine groups is 1. The van der Waals surface area contributed by atoms with Gasteiger partial charge in [0.05, 0.1) is 25.7 Å². The molecule has 0 aliphatic heterocycles. The van der Waals surface area contributed by atoms with Gasteiger partial charge in [-0.05, 0) is 23.8 Å². The van der Waals surface area contributed by atoms with Crippen LogP contribution in [0.4, 0.5) is 0 Å². The fourth-order valence-corrected chi connectivity index (χ4v) is 1.60. The maximum Gasteiger partial charge on any atom is 0.173 e. The van der Waals surface area contributed by atoms with Crippen LogP contribution in [0.15, 0.2) is 40.8 Å². The SMILES string of the molecule is COc1cc(/C=N/N=C(\N)c2cncc(Cl)n2)ccc1O. The molecule has 1 aromatic heterocycles. The monoisotopic (exact) mass is 305 g/mol. The molecule has 8 heteroatoms. The highest BCUT2D eigenvalue weighted by atomic mass is 35.5. The number of halogens is 1. The lowest BCUT2D eigenvalue weighted by Gasteiger charge is -2.02. The molecule has 3 N–H and O–H groups in total. The third kappa shape index (κ3) is 3.90. The molecular weight excluding hydrogens is 294 g/mol. The summed E-state index contributed by atoms with van der Waals surface area (Å²) < 4.78 is 4.99. The second-order valence-corrected chi connectivity index (χ2v) is 4.28. The summed E-state index contributed by atoms with van der Waals surface area (Å²) in [4.78, 5) is 7.81. The van der Waals surface area contributed by atoms with Crippen LogP contribution in [0.3, 0.4) is 0 Å². The van der Waals surface area contributed by atoms with Gasteiger partial charge in [-0.25, -0.2) is 4.98 Å². The molecule has 2 rings (SSSR count). The third-order valence-corrected chi connectivity index (χ3v) is 2.63. The smallest absolute Gasteiger partial charge is 0.173 e. The van der Waals surface area contributed by atoms with Crippen LogP contribution in [-0.4, -0.2) is 34.2 Å². The van der Waals surface area contributed by atoms with Crippen molar-refractivity contribution in [1.82, 2.24) is 9.97 Å². The molecule has 0 saturated carbocycles. The largest absolute Gasteiger partial charge is 0.504 e. The molecule has 0 aliphatic rings. The molecule has 0 spiro atoms. The molecule has 7 nitrogen and oxygen atoms in total. The van der Waals surface area contributed by atoms with Gasteiger partial charge in [-0.15, -0.1) is 5.10 Å². The molecule has 1 aromatic carbocycles. The predicted molar refractivity (Wildman–Crippen MR) is 80.0 cm³/mol. The fraction of sp³-hybridized carbons (Fsp3) is 0.0769. The van der Waals surface area contributed by atoms with E-state index in [0.717, 1.165) is 0 Å². The Balaban J connectivity index is 2.16. The zero-order valence-corrected chi connectivity index (χ0v) is 11.8. The van der Waals surface area contributed by atoms with Gasteiger partial charge in [-0.1, -0.05) is 11.6 Å². The van der Waals surface area contributed by atoms with Gasteiger partial charge in [0.15, 0.2) is 17.3 Å². The van der Waals surface area contributed by atoms with Gasteiger partial charge in [-0.3, -0.25) is 4.98 Å². The number of methoxy groups -OCH3 is 1. The molecule has 0 saturated heterocycles. The van der Waals surface area contributed by atoms with Crippen LogP contribution >= 0.6 is 11.6 Å². The normalized spacial score (nSPS) is 11.8. The molecular formula is C13H12ClN5O2. The average molecular weight is 306 g/mol. The standard InChI is InChI=1S/C13H12ClN5O2/c1-21-11-4-8(2-3-10(11)20)5-17-19-13(15)9-6-16-7-12(14)18-9/h2-7,20H,1H3,(H2,15,19)/b17-5+. The van der Waals surface area contributed by atoms with Crippen molar-refractivity contribution in [2.45, 2.75) is 0 Å². The summed E-state index contributed by atoms with van der Waals surface area (Å²) in [5, 5.41) is 17.3. The minimum Gasteiger partial charge on any atom is -0.504 e. The minimum atomic E-state index is 0.0480. The first kappa shape index (κ1) is 14.7. The van der Waals surface area contributed by atoms with Gasteiger partial charge in [0.2, 0.25) is 0 Å². The molecule has 0 bridgehead atoms. The summed E-state index contributed by atoms with van der Waals surface area (Å²) in [6.07, 6.45) is 4.29. The molecule has 1 heterocycles. The minimum absolute atomic E-state index is 0.0480. The first-order chi connectivity index (χ1) is 10.1. The van der Waals surface area contributed by atoms with Crippen LogP contribution in [-0.2, 0) is 0 Å². The van der Waals surface area contributed by atoms with E-state index in [0.29, 0.717) is 17.0 Å². The van der Waals surface area contributed by atoms with E-state index in [1.54, 1.807) is 12.1 Å². The Hall–Kier alpha value is -2.67. The Kier molecular flexibility index (Phi) is 4.68. The first-order valence-electron chi connectivity index (χ1n) is 5.81. The lowest BCUT2D eigenvalue weighted by molar-refractivity contribution is 0.373. The Labute approximate surface area is 125 Å². The van der Waals surface area contributed by atoms with Crippen LogP contribution in [0.2, 0.25) is 5.15 Å². The third-order valence-electron chi connectivity index (χ3n) is 2.44. The summed E-state index contributed by atoms with van der Waals surface area (Å²) >= 11 is 5.71. The number of aromatic hydroxyl groups is 1. The van der Waals surface area contributed by atoms with Crippen LogP contribution < -0.4 is 10.5 Å². The van der Waals surface area contributed by atoms with Gasteiger partial charge >= 0.3 is 0 Å². The zero-order chi connectivity index (χ0) is 15.2. The lowest BCUT2D eigenvalue weighted by atomic mass is 10.2. The maximum atomic E-state index is 9.48. The Morgan fingerprint density at radius 2 is 2.24 bits per heavy atom. The molecule has 21 heavy (non-hydrogen) atoms. The Bertz CT molecular complexity index is 703. The number of hydrogen-bond donors (Lipinski definition) is 2.